The van der Waals surface area contributed by atoms with Crippen LogP contribution in [-0.4, -0.2) is 50.4 Å². The normalized spacial score (nSPS) is 17.7. The molecule has 1 saturated heterocycles. The van der Waals surface area contributed by atoms with Gasteiger partial charge in [0.1, 0.15) is 0 Å². The fourth-order valence-corrected chi connectivity index (χ4v) is 4.42. The molecular formula is C22H23F3N6S. The second-order valence-corrected chi connectivity index (χ2v) is 8.60. The van der Waals surface area contributed by atoms with Gasteiger partial charge < -0.3 is 4.90 Å². The topological polar surface area (TPSA) is 42.1 Å². The van der Waals surface area contributed by atoms with E-state index in [2.05, 4.69) is 14.5 Å². The van der Waals surface area contributed by atoms with E-state index in [4.69, 9.17) is 17.3 Å². The van der Waals surface area contributed by atoms with E-state index in [0.717, 1.165) is 43.4 Å². The maximum Gasteiger partial charge on any atom is 0.416 e. The van der Waals surface area contributed by atoms with E-state index in [1.807, 2.05) is 21.7 Å². The summed E-state index contributed by atoms with van der Waals surface area (Å²) in [5.74, 6) is 0.863. The summed E-state index contributed by atoms with van der Waals surface area (Å²) in [5.41, 5.74) is 0.984. The molecule has 2 aliphatic rings. The van der Waals surface area contributed by atoms with Gasteiger partial charge in [-0.05, 0) is 55.4 Å². The summed E-state index contributed by atoms with van der Waals surface area (Å²) in [4.78, 5) is 8.32. The van der Waals surface area contributed by atoms with E-state index in [0.29, 0.717) is 36.3 Å². The third-order valence-corrected chi connectivity index (χ3v) is 6.37. The monoisotopic (exact) mass is 460 g/mol. The molecule has 0 amide bonds. The zero-order valence-electron chi connectivity index (χ0n) is 17.4. The highest BCUT2D eigenvalue weighted by atomic mass is 32.1. The van der Waals surface area contributed by atoms with Crippen molar-refractivity contribution in [2.24, 2.45) is 0 Å². The molecule has 1 aliphatic heterocycles. The first-order valence-electron chi connectivity index (χ1n) is 10.6. The first-order valence-corrected chi connectivity index (χ1v) is 11.1. The fourth-order valence-electron chi connectivity index (χ4n) is 4.09. The predicted octanol–water partition coefficient (Wildman–Crippen LogP) is 4.61. The van der Waals surface area contributed by atoms with Crippen LogP contribution < -0.4 is 4.90 Å². The Morgan fingerprint density at radius 2 is 1.72 bits per heavy atom. The molecule has 1 aromatic carbocycles. The molecule has 1 aliphatic carbocycles. The molecule has 5 rings (SSSR count). The molecule has 1 saturated carbocycles. The lowest BCUT2D eigenvalue weighted by molar-refractivity contribution is -0.137. The molecule has 3 heterocycles. The summed E-state index contributed by atoms with van der Waals surface area (Å²) in [5, 5.41) is 4.82. The van der Waals surface area contributed by atoms with Crippen molar-refractivity contribution >= 4 is 17.9 Å². The number of anilines is 1. The van der Waals surface area contributed by atoms with Crippen molar-refractivity contribution in [2.45, 2.75) is 31.7 Å². The van der Waals surface area contributed by atoms with Crippen LogP contribution in [0.2, 0.25) is 0 Å². The van der Waals surface area contributed by atoms with Gasteiger partial charge in [0.05, 0.1) is 12.2 Å². The van der Waals surface area contributed by atoms with E-state index >= 15 is 0 Å². The molecule has 0 atom stereocenters. The van der Waals surface area contributed by atoms with Crippen molar-refractivity contribution in [2.75, 3.05) is 31.1 Å². The Morgan fingerprint density at radius 1 is 1.00 bits per heavy atom. The summed E-state index contributed by atoms with van der Waals surface area (Å²) in [6.45, 7) is 3.30. The molecule has 0 bridgehead atoms. The van der Waals surface area contributed by atoms with E-state index in [9.17, 15) is 13.2 Å². The number of benzene rings is 1. The molecule has 10 heteroatoms. The van der Waals surface area contributed by atoms with Gasteiger partial charge in [0.2, 0.25) is 0 Å². The zero-order chi connectivity index (χ0) is 22.3. The van der Waals surface area contributed by atoms with Crippen molar-refractivity contribution in [3.05, 3.63) is 59.1 Å². The number of halogens is 3. The van der Waals surface area contributed by atoms with Gasteiger partial charge in [-0.25, -0.2) is 4.68 Å². The van der Waals surface area contributed by atoms with Gasteiger partial charge in [-0.1, -0.05) is 6.07 Å². The average molecular weight is 461 g/mol. The Bertz CT molecular complexity index is 1140. The van der Waals surface area contributed by atoms with Crippen molar-refractivity contribution in [1.82, 2.24) is 24.2 Å². The van der Waals surface area contributed by atoms with Crippen molar-refractivity contribution in [3.63, 3.8) is 0 Å². The minimum absolute atomic E-state index is 0.400. The molecule has 32 heavy (non-hydrogen) atoms. The van der Waals surface area contributed by atoms with Crippen molar-refractivity contribution in [1.29, 1.82) is 0 Å². The number of rotatable bonds is 5. The minimum Gasteiger partial charge on any atom is -0.369 e. The lowest BCUT2D eigenvalue weighted by atomic mass is 10.1. The van der Waals surface area contributed by atoms with Gasteiger partial charge in [0, 0.05) is 55.9 Å². The lowest BCUT2D eigenvalue weighted by Crippen LogP contribution is -2.47. The summed E-state index contributed by atoms with van der Waals surface area (Å²) in [6.07, 6.45) is 1.38. The molecule has 0 spiro atoms. The zero-order valence-corrected chi connectivity index (χ0v) is 18.2. The highest BCUT2D eigenvalue weighted by molar-refractivity contribution is 7.71. The number of hydrogen-bond acceptors (Lipinski definition) is 5. The van der Waals surface area contributed by atoms with Crippen LogP contribution >= 0.6 is 12.2 Å². The SMILES string of the molecule is FC(F)(F)c1cccc(N2CCN(Cn3nc(-c4ccncc4)n(C4CC4)c3=S)CC2)c1. The molecular weight excluding hydrogens is 437 g/mol. The summed E-state index contributed by atoms with van der Waals surface area (Å²) in [6, 6.07) is 9.82. The molecule has 6 nitrogen and oxygen atoms in total. The largest absolute Gasteiger partial charge is 0.416 e. The number of piperazine rings is 1. The second kappa shape index (κ2) is 8.32. The smallest absolute Gasteiger partial charge is 0.369 e. The Kier molecular flexibility index (Phi) is 5.50. The predicted molar refractivity (Wildman–Crippen MR) is 118 cm³/mol. The van der Waals surface area contributed by atoms with Crippen LogP contribution in [-0.2, 0) is 12.8 Å². The van der Waals surface area contributed by atoms with Gasteiger partial charge in [-0.15, -0.1) is 0 Å². The van der Waals surface area contributed by atoms with E-state index in [1.165, 1.54) is 12.1 Å². The summed E-state index contributed by atoms with van der Waals surface area (Å²) >= 11 is 5.75. The lowest BCUT2D eigenvalue weighted by Gasteiger charge is -2.36. The molecule has 2 fully saturated rings. The summed E-state index contributed by atoms with van der Waals surface area (Å²) < 4.78 is 43.8. The Labute approximate surface area is 188 Å². The fraction of sp³-hybridized carbons (Fsp3) is 0.409. The van der Waals surface area contributed by atoms with Crippen LogP contribution in [0.3, 0.4) is 0 Å². The Hall–Kier alpha value is -2.72. The Morgan fingerprint density at radius 3 is 2.38 bits per heavy atom. The number of aromatic nitrogens is 4. The number of nitrogens with zero attached hydrogens (tertiary/aromatic N) is 6. The van der Waals surface area contributed by atoms with E-state index in [-0.39, 0.29) is 0 Å². The molecule has 0 N–H and O–H groups in total. The average Bonchev–Trinajstić information content (AvgIpc) is 3.58. The van der Waals surface area contributed by atoms with Gasteiger partial charge >= 0.3 is 6.18 Å². The third kappa shape index (κ3) is 4.29. The number of hydrogen-bond donors (Lipinski definition) is 0. The molecule has 168 valence electrons. The van der Waals surface area contributed by atoms with Crippen LogP contribution in [0.25, 0.3) is 11.4 Å². The van der Waals surface area contributed by atoms with Crippen LogP contribution in [0.5, 0.6) is 0 Å². The van der Waals surface area contributed by atoms with Crippen molar-refractivity contribution in [3.8, 4) is 11.4 Å². The van der Waals surface area contributed by atoms with Crippen LogP contribution in [0, 0.1) is 4.77 Å². The number of alkyl halides is 3. The highest BCUT2D eigenvalue weighted by Gasteiger charge is 2.32. The molecule has 3 aromatic rings. The van der Waals surface area contributed by atoms with Crippen LogP contribution in [0.15, 0.2) is 48.8 Å². The maximum absolute atomic E-state index is 13.0. The molecule has 0 unspecified atom stereocenters. The van der Waals surface area contributed by atoms with E-state index in [1.54, 1.807) is 18.5 Å². The quantitative estimate of drug-likeness (QED) is 0.521. The molecule has 0 radical (unpaired) electrons. The Balaban J connectivity index is 1.30. The standard InChI is InChI=1S/C22H23F3N6S/c23-22(24,25)17-2-1-3-19(14-17)29-12-10-28(11-13-29)15-30-21(32)31(18-4-5-18)20(27-30)16-6-8-26-9-7-16/h1-3,6-9,14,18H,4-5,10-13,15H2. The van der Waals surface area contributed by atoms with Gasteiger partial charge in [0.25, 0.3) is 0 Å². The van der Waals surface area contributed by atoms with Crippen LogP contribution in [0.1, 0.15) is 24.4 Å². The van der Waals surface area contributed by atoms with E-state index < -0.39 is 11.7 Å². The van der Waals surface area contributed by atoms with Gasteiger partial charge in [-0.3, -0.25) is 14.5 Å². The number of pyridine rings is 1. The third-order valence-electron chi connectivity index (χ3n) is 5.97. The second-order valence-electron chi connectivity index (χ2n) is 8.24. The first-order chi connectivity index (χ1) is 15.4. The maximum atomic E-state index is 13.0. The van der Waals surface area contributed by atoms with Gasteiger partial charge in [0.15, 0.2) is 10.6 Å². The van der Waals surface area contributed by atoms with Crippen LogP contribution in [0.4, 0.5) is 18.9 Å². The summed E-state index contributed by atoms with van der Waals surface area (Å²) in [7, 11) is 0. The molecule has 2 aromatic heterocycles. The first kappa shape index (κ1) is 21.1. The van der Waals surface area contributed by atoms with Crippen molar-refractivity contribution < 1.29 is 13.2 Å². The minimum atomic E-state index is -4.33. The highest BCUT2D eigenvalue weighted by Crippen LogP contribution is 2.38. The van der Waals surface area contributed by atoms with Gasteiger partial charge in [-0.2, -0.15) is 18.3 Å².